The number of methoxy groups -OCH3 is 1. The Morgan fingerprint density at radius 1 is 1.18 bits per heavy atom. The number of carbonyl (C=O) groups excluding carboxylic acids is 1. The van der Waals surface area contributed by atoms with E-state index in [0.29, 0.717) is 53.7 Å². The minimum absolute atomic E-state index is 0.0393. The molecule has 0 radical (unpaired) electrons. The molecule has 0 spiro atoms. The van der Waals surface area contributed by atoms with Crippen molar-refractivity contribution in [3.05, 3.63) is 47.0 Å². The van der Waals surface area contributed by atoms with Crippen LogP contribution in [-0.2, 0) is 0 Å². The number of hydrogen-bond donors (Lipinski definition) is 1. The van der Waals surface area contributed by atoms with Gasteiger partial charge in [0, 0.05) is 36.9 Å². The molecular weight excluding hydrogens is 356 g/mol. The fraction of sp³-hybridized carbons (Fsp3) is 0.318. The Bertz CT molecular complexity index is 919. The molecule has 0 bridgehead atoms. The molecule has 1 heterocycles. The van der Waals surface area contributed by atoms with Crippen LogP contribution in [0.3, 0.4) is 0 Å². The highest BCUT2D eigenvalue weighted by Crippen LogP contribution is 2.38. The predicted octanol–water partition coefficient (Wildman–Crippen LogP) is 3.79. The fourth-order valence-corrected chi connectivity index (χ4v) is 3.15. The molecule has 0 atom stereocenters. The summed E-state index contributed by atoms with van der Waals surface area (Å²) in [6.45, 7) is 2.97. The molecule has 1 aliphatic heterocycles. The van der Waals surface area contributed by atoms with E-state index in [2.05, 4.69) is 0 Å². The SMILES string of the molecule is CC/C(=C\c1cc2c(cc1OC)OCCO2)C(=O)c1ccc(N)c(N(C)C)c1. The number of carbonyl (C=O) groups is 1. The van der Waals surface area contributed by atoms with E-state index in [1.165, 1.54) is 0 Å². The third-order valence-corrected chi connectivity index (χ3v) is 4.67. The molecule has 6 nitrogen and oxygen atoms in total. The Kier molecular flexibility index (Phi) is 5.78. The lowest BCUT2D eigenvalue weighted by Gasteiger charge is -2.20. The first-order chi connectivity index (χ1) is 13.4. The van der Waals surface area contributed by atoms with Crippen LogP contribution in [0.15, 0.2) is 35.9 Å². The number of nitrogens with zero attached hydrogens (tertiary/aromatic N) is 1. The second-order valence-electron chi connectivity index (χ2n) is 6.76. The molecule has 2 N–H and O–H groups in total. The van der Waals surface area contributed by atoms with E-state index in [9.17, 15) is 4.79 Å². The van der Waals surface area contributed by atoms with Crippen LogP contribution in [0.25, 0.3) is 6.08 Å². The number of rotatable bonds is 6. The number of Topliss-reactive ketones (excluding diaryl/α,β-unsaturated/α-hetero) is 1. The Morgan fingerprint density at radius 2 is 1.86 bits per heavy atom. The first-order valence-electron chi connectivity index (χ1n) is 9.24. The molecule has 3 rings (SSSR count). The molecule has 1 aliphatic rings. The number of nitrogens with two attached hydrogens (primary N) is 1. The van der Waals surface area contributed by atoms with Gasteiger partial charge in [-0.15, -0.1) is 0 Å². The van der Waals surface area contributed by atoms with Gasteiger partial charge in [-0.05, 0) is 36.8 Å². The minimum atomic E-state index is -0.0393. The quantitative estimate of drug-likeness (QED) is 0.465. The van der Waals surface area contributed by atoms with Crippen molar-refractivity contribution < 1.29 is 19.0 Å². The molecule has 0 saturated heterocycles. The summed E-state index contributed by atoms with van der Waals surface area (Å²) in [4.78, 5) is 15.0. The Labute approximate surface area is 165 Å². The first kappa shape index (κ1) is 19.6. The van der Waals surface area contributed by atoms with E-state index in [0.717, 1.165) is 11.3 Å². The van der Waals surface area contributed by atoms with Crippen LogP contribution in [-0.4, -0.2) is 40.2 Å². The Morgan fingerprint density at radius 3 is 2.46 bits per heavy atom. The maximum atomic E-state index is 13.1. The molecule has 0 fully saturated rings. The average molecular weight is 382 g/mol. The number of benzene rings is 2. The van der Waals surface area contributed by atoms with Crippen LogP contribution in [0.2, 0.25) is 0 Å². The van der Waals surface area contributed by atoms with Gasteiger partial charge in [0.15, 0.2) is 17.3 Å². The van der Waals surface area contributed by atoms with E-state index >= 15 is 0 Å². The van der Waals surface area contributed by atoms with E-state index in [1.807, 2.05) is 44.1 Å². The zero-order chi connectivity index (χ0) is 20.3. The van der Waals surface area contributed by atoms with Crippen LogP contribution in [0, 0.1) is 0 Å². The van der Waals surface area contributed by atoms with Crippen LogP contribution in [0.5, 0.6) is 17.2 Å². The van der Waals surface area contributed by atoms with Crippen LogP contribution in [0.4, 0.5) is 11.4 Å². The van der Waals surface area contributed by atoms with Gasteiger partial charge >= 0.3 is 0 Å². The first-order valence-corrected chi connectivity index (χ1v) is 9.24. The van der Waals surface area contributed by atoms with Crippen molar-refractivity contribution in [1.29, 1.82) is 0 Å². The zero-order valence-corrected chi connectivity index (χ0v) is 16.7. The van der Waals surface area contributed by atoms with Gasteiger partial charge in [0.2, 0.25) is 0 Å². The standard InChI is InChI=1S/C22H26N2O4/c1-5-14(22(25)15-6-7-17(23)18(11-15)24(2)3)10-16-12-20-21(13-19(16)26-4)28-9-8-27-20/h6-7,10-13H,5,8-9,23H2,1-4H3/b14-10+. The number of fused-ring (bicyclic) bond motifs is 1. The minimum Gasteiger partial charge on any atom is -0.496 e. The maximum Gasteiger partial charge on any atom is 0.189 e. The molecule has 2 aromatic carbocycles. The largest absolute Gasteiger partial charge is 0.496 e. The summed E-state index contributed by atoms with van der Waals surface area (Å²) in [6, 6.07) is 8.99. The summed E-state index contributed by atoms with van der Waals surface area (Å²) in [7, 11) is 5.40. The number of anilines is 2. The summed E-state index contributed by atoms with van der Waals surface area (Å²) in [5.74, 6) is 1.90. The van der Waals surface area contributed by atoms with Crippen molar-refractivity contribution in [2.24, 2.45) is 0 Å². The smallest absolute Gasteiger partial charge is 0.189 e. The molecule has 0 saturated carbocycles. The van der Waals surface area contributed by atoms with Gasteiger partial charge in [-0.2, -0.15) is 0 Å². The monoisotopic (exact) mass is 382 g/mol. The number of allylic oxidation sites excluding steroid dienone is 1. The molecule has 6 heteroatoms. The van der Waals surface area contributed by atoms with E-state index in [4.69, 9.17) is 19.9 Å². The van der Waals surface area contributed by atoms with Crippen LogP contribution in [0.1, 0.15) is 29.3 Å². The maximum absolute atomic E-state index is 13.1. The van der Waals surface area contributed by atoms with Crippen molar-refractivity contribution in [3.8, 4) is 17.2 Å². The van der Waals surface area contributed by atoms with Crippen LogP contribution >= 0.6 is 0 Å². The Hall–Kier alpha value is -3.15. The van der Waals surface area contributed by atoms with Crippen molar-refractivity contribution >= 4 is 23.2 Å². The molecule has 0 amide bonds. The van der Waals surface area contributed by atoms with Crippen molar-refractivity contribution in [2.45, 2.75) is 13.3 Å². The molecule has 0 aromatic heterocycles. The second kappa shape index (κ2) is 8.25. The molecule has 148 valence electrons. The van der Waals surface area contributed by atoms with Crippen molar-refractivity contribution in [3.63, 3.8) is 0 Å². The number of ketones is 1. The zero-order valence-electron chi connectivity index (χ0n) is 16.7. The summed E-state index contributed by atoms with van der Waals surface area (Å²) in [5, 5.41) is 0. The fourth-order valence-electron chi connectivity index (χ4n) is 3.15. The van der Waals surface area contributed by atoms with Crippen LogP contribution < -0.4 is 24.8 Å². The lowest BCUT2D eigenvalue weighted by Crippen LogP contribution is -2.15. The molecule has 28 heavy (non-hydrogen) atoms. The van der Waals surface area contributed by atoms with Gasteiger partial charge in [-0.3, -0.25) is 4.79 Å². The summed E-state index contributed by atoms with van der Waals surface area (Å²) >= 11 is 0. The summed E-state index contributed by atoms with van der Waals surface area (Å²) < 4.78 is 16.8. The average Bonchev–Trinajstić information content (AvgIpc) is 2.70. The van der Waals surface area contributed by atoms with Gasteiger partial charge in [-0.25, -0.2) is 0 Å². The second-order valence-corrected chi connectivity index (χ2v) is 6.76. The number of ether oxygens (including phenoxy) is 3. The third kappa shape index (κ3) is 3.91. The van der Waals surface area contributed by atoms with Gasteiger partial charge in [0.05, 0.1) is 18.5 Å². The number of nitrogen functional groups attached to an aromatic ring is 1. The van der Waals surface area contributed by atoms with Gasteiger partial charge in [-0.1, -0.05) is 6.92 Å². The summed E-state index contributed by atoms with van der Waals surface area (Å²) in [5.41, 5.74) is 9.52. The van der Waals surface area contributed by atoms with E-state index in [-0.39, 0.29) is 5.78 Å². The third-order valence-electron chi connectivity index (χ3n) is 4.67. The van der Waals surface area contributed by atoms with E-state index < -0.39 is 0 Å². The Balaban J connectivity index is 2.00. The highest BCUT2D eigenvalue weighted by Gasteiger charge is 2.18. The molecule has 0 aliphatic carbocycles. The normalized spacial score (nSPS) is 13.2. The molecular formula is C22H26N2O4. The highest BCUT2D eigenvalue weighted by molar-refractivity contribution is 6.12. The highest BCUT2D eigenvalue weighted by atomic mass is 16.6. The predicted molar refractivity (Wildman–Crippen MR) is 112 cm³/mol. The van der Waals surface area contributed by atoms with E-state index in [1.54, 1.807) is 25.3 Å². The topological polar surface area (TPSA) is 74.0 Å². The van der Waals surface area contributed by atoms with Crippen molar-refractivity contribution in [2.75, 3.05) is 45.1 Å². The number of hydrogen-bond acceptors (Lipinski definition) is 6. The summed E-state index contributed by atoms with van der Waals surface area (Å²) in [6.07, 6.45) is 2.43. The van der Waals surface area contributed by atoms with Crippen molar-refractivity contribution in [1.82, 2.24) is 0 Å². The van der Waals surface area contributed by atoms with Gasteiger partial charge < -0.3 is 24.8 Å². The molecule has 0 unspecified atom stereocenters. The lowest BCUT2D eigenvalue weighted by atomic mass is 9.97. The molecule has 2 aromatic rings. The van der Waals surface area contributed by atoms with Gasteiger partial charge in [0.1, 0.15) is 19.0 Å². The lowest BCUT2D eigenvalue weighted by molar-refractivity contribution is 0.103. The van der Waals surface area contributed by atoms with Gasteiger partial charge in [0.25, 0.3) is 0 Å².